The minimum absolute atomic E-state index is 0.0544. The average molecular weight is 625 g/mol. The van der Waals surface area contributed by atoms with Crippen molar-refractivity contribution in [2.45, 2.75) is 79.4 Å². The van der Waals surface area contributed by atoms with Gasteiger partial charge in [0.1, 0.15) is 21.8 Å². The molecule has 250 valence electrons. The fourth-order valence-electron chi connectivity index (χ4n) is 4.66. The van der Waals surface area contributed by atoms with Crippen molar-refractivity contribution >= 4 is 23.4 Å². The molecule has 1 aromatic carbocycles. The Morgan fingerprint density at radius 2 is 1.73 bits per heavy atom. The van der Waals surface area contributed by atoms with Gasteiger partial charge in [-0.15, -0.1) is 0 Å². The summed E-state index contributed by atoms with van der Waals surface area (Å²) >= 11 is 0. The molecule has 13 nitrogen and oxygen atoms in total. The Labute approximate surface area is 260 Å². The van der Waals surface area contributed by atoms with Gasteiger partial charge in [-0.2, -0.15) is 0 Å². The van der Waals surface area contributed by atoms with Crippen molar-refractivity contribution in [3.63, 3.8) is 0 Å². The van der Waals surface area contributed by atoms with Crippen molar-refractivity contribution in [3.05, 3.63) is 28.3 Å². The molecular formula is C31H52N4O9. The summed E-state index contributed by atoms with van der Waals surface area (Å²) in [6, 6.07) is 4.45. The van der Waals surface area contributed by atoms with Crippen LogP contribution in [0.1, 0.15) is 67.2 Å². The molecule has 0 saturated heterocycles. The van der Waals surface area contributed by atoms with Crippen LogP contribution in [-0.2, 0) is 19.1 Å². The van der Waals surface area contributed by atoms with E-state index in [1.165, 1.54) is 21.0 Å². The predicted molar refractivity (Wildman–Crippen MR) is 167 cm³/mol. The molecule has 0 aliphatic carbocycles. The summed E-state index contributed by atoms with van der Waals surface area (Å²) in [5.74, 6) is -1.71. The number of nitrogens with zero attached hydrogens (tertiary/aromatic N) is 1. The Balaban J connectivity index is 2.88. The number of amides is 3. The third-order valence-electron chi connectivity index (χ3n) is 7.76. The maximum absolute atomic E-state index is 13.2. The number of rotatable bonds is 20. The van der Waals surface area contributed by atoms with Gasteiger partial charge in [0.05, 0.1) is 25.5 Å². The number of nitrogens with two attached hydrogens (primary N) is 1. The van der Waals surface area contributed by atoms with E-state index < -0.39 is 40.2 Å². The zero-order valence-electron chi connectivity index (χ0n) is 27.4. The summed E-state index contributed by atoms with van der Waals surface area (Å²) in [5, 5.41) is 27.5. The average Bonchev–Trinajstić information content (AvgIpc) is 2.96. The normalized spacial score (nSPS) is 14.5. The highest BCUT2D eigenvalue weighted by Gasteiger charge is 2.39. The van der Waals surface area contributed by atoms with Crippen molar-refractivity contribution in [1.82, 2.24) is 5.32 Å². The maximum atomic E-state index is 13.2. The van der Waals surface area contributed by atoms with E-state index in [2.05, 4.69) is 10.6 Å². The molecule has 5 N–H and O–H groups in total. The van der Waals surface area contributed by atoms with Gasteiger partial charge in [0, 0.05) is 51.1 Å². The van der Waals surface area contributed by atoms with E-state index >= 15 is 0 Å². The Morgan fingerprint density at radius 1 is 1.07 bits per heavy atom. The highest BCUT2D eigenvalue weighted by atomic mass is 16.6. The van der Waals surface area contributed by atoms with Crippen LogP contribution in [0.4, 0.5) is 5.69 Å². The molecule has 0 unspecified atom stereocenters. The first-order valence-electron chi connectivity index (χ1n) is 15.0. The summed E-state index contributed by atoms with van der Waals surface area (Å²) < 4.78 is 16.2. The van der Waals surface area contributed by atoms with Gasteiger partial charge in [-0.25, -0.2) is 4.79 Å². The summed E-state index contributed by atoms with van der Waals surface area (Å²) in [7, 11) is 3.15. The lowest BCUT2D eigenvalue weighted by Crippen LogP contribution is -2.46. The molecule has 4 atom stereocenters. The van der Waals surface area contributed by atoms with Crippen LogP contribution in [0.3, 0.4) is 0 Å². The van der Waals surface area contributed by atoms with Crippen LogP contribution in [0, 0.1) is 39.2 Å². The maximum Gasteiger partial charge on any atom is 0.451 e. The molecular weight excluding hydrogens is 572 g/mol. The van der Waals surface area contributed by atoms with Gasteiger partial charge in [-0.3, -0.25) is 19.7 Å². The van der Waals surface area contributed by atoms with Gasteiger partial charge in [-0.1, -0.05) is 27.7 Å². The van der Waals surface area contributed by atoms with Crippen LogP contribution >= 0.6 is 0 Å². The number of nitrogens with one attached hydrogen (secondary N) is 2. The summed E-state index contributed by atoms with van der Waals surface area (Å²) in [6.07, 6.45) is 0.174. The van der Waals surface area contributed by atoms with E-state index in [1.54, 1.807) is 25.3 Å². The fraction of sp³-hybridized carbons (Fsp3) is 0.710. The van der Waals surface area contributed by atoms with Gasteiger partial charge in [-0.05, 0) is 56.6 Å². The van der Waals surface area contributed by atoms with Gasteiger partial charge in [0.2, 0.25) is 11.8 Å². The molecule has 0 fully saturated rings. The van der Waals surface area contributed by atoms with Crippen molar-refractivity contribution < 1.29 is 38.6 Å². The largest absolute Gasteiger partial charge is 0.497 e. The zero-order valence-corrected chi connectivity index (χ0v) is 27.4. The van der Waals surface area contributed by atoms with Crippen LogP contribution < -0.4 is 25.8 Å². The first kappa shape index (κ1) is 38.7. The highest BCUT2D eigenvalue weighted by Crippen LogP contribution is 2.31. The Kier molecular flexibility index (Phi) is 16.3. The van der Waals surface area contributed by atoms with Gasteiger partial charge in [0.15, 0.2) is 0 Å². The number of nitro groups is 1. The van der Waals surface area contributed by atoms with Crippen LogP contribution in [0.2, 0.25) is 0 Å². The molecule has 44 heavy (non-hydrogen) atoms. The number of ether oxygens (including phenoxy) is 3. The molecule has 1 rings (SSSR count). The molecule has 13 heteroatoms. The second-order valence-electron chi connectivity index (χ2n) is 12.5. The van der Waals surface area contributed by atoms with Crippen LogP contribution in [0.5, 0.6) is 11.5 Å². The molecule has 3 amide bonds. The summed E-state index contributed by atoms with van der Waals surface area (Å²) in [5.41, 5.74) is 5.50. The molecule has 0 spiro atoms. The van der Waals surface area contributed by atoms with Gasteiger partial charge < -0.3 is 35.7 Å². The summed E-state index contributed by atoms with van der Waals surface area (Å²) in [4.78, 5) is 47.9. The third-order valence-corrected chi connectivity index (χ3v) is 7.76. The van der Waals surface area contributed by atoms with E-state index in [9.17, 15) is 29.6 Å². The number of aliphatic hydroxyl groups is 1. The zero-order chi connectivity index (χ0) is 33.6. The first-order chi connectivity index (χ1) is 20.5. The highest BCUT2D eigenvalue weighted by molar-refractivity contribution is 5.92. The Hall–Kier alpha value is -3.29. The Morgan fingerprint density at radius 3 is 2.27 bits per heavy atom. The van der Waals surface area contributed by atoms with Crippen LogP contribution in [-0.4, -0.2) is 73.9 Å². The molecule has 0 aliphatic heterocycles. The van der Waals surface area contributed by atoms with Crippen LogP contribution in [0.15, 0.2) is 18.2 Å². The van der Waals surface area contributed by atoms with E-state index in [1.807, 2.05) is 27.7 Å². The fourth-order valence-corrected chi connectivity index (χ4v) is 4.66. The third kappa shape index (κ3) is 12.7. The van der Waals surface area contributed by atoms with E-state index in [4.69, 9.17) is 19.9 Å². The second kappa shape index (κ2) is 18.5. The monoisotopic (exact) mass is 624 g/mol. The molecule has 0 bridgehead atoms. The molecule has 0 saturated carbocycles. The number of carbonyl (C=O) groups excluding carboxylic acids is 3. The quantitative estimate of drug-likeness (QED) is 0.0949. The number of benzene rings is 1. The van der Waals surface area contributed by atoms with Crippen LogP contribution in [0.25, 0.3) is 0 Å². The van der Waals surface area contributed by atoms with Gasteiger partial charge in [0.25, 0.3) is 0 Å². The first-order valence-corrected chi connectivity index (χ1v) is 15.0. The Bertz CT molecular complexity index is 1090. The van der Waals surface area contributed by atoms with E-state index in [-0.39, 0.29) is 43.0 Å². The smallest absolute Gasteiger partial charge is 0.451 e. The lowest BCUT2D eigenvalue weighted by atomic mass is 9.81. The summed E-state index contributed by atoms with van der Waals surface area (Å²) in [6.45, 7) is 11.1. The molecule has 0 radical (unpaired) electrons. The number of hydrogen-bond acceptors (Lipinski definition) is 10. The number of carbonyl (C=O) groups is 3. The predicted octanol–water partition coefficient (Wildman–Crippen LogP) is 3.40. The SMILES string of the molecule is COCCCOc1ccc(OC)cc1NC(=O)C[C@@H](C[C@H](N)[C@@H](O)C[C@H](C(=O)NCC(C)(C)C(=O)[N+](=O)[O-])C(C)C)C(C)C. The van der Waals surface area contributed by atoms with Gasteiger partial charge >= 0.3 is 5.91 Å². The minimum Gasteiger partial charge on any atom is -0.497 e. The topological polar surface area (TPSA) is 192 Å². The standard InChI is InChI=1S/C31H52N4O9/c1-19(2)21(15-28(37)34-25-16-22(43-8)10-11-27(25)44-13-9-12-42-7)14-24(32)26(36)17-23(20(3)4)29(38)33-18-31(5,6)30(39)35(40)41/h10-11,16,19-21,23-24,26,36H,9,12-15,17-18,32H2,1-8H3,(H,33,38)(H,34,37)/t21-,23+,24+,26+/m1/s1. The van der Waals surface area contributed by atoms with Crippen molar-refractivity contribution in [1.29, 1.82) is 0 Å². The number of hydrogen-bond donors (Lipinski definition) is 4. The number of aliphatic hydroxyl groups excluding tert-OH is 1. The van der Waals surface area contributed by atoms with E-state index in [0.717, 1.165) is 0 Å². The number of methoxy groups -OCH3 is 2. The van der Waals surface area contributed by atoms with E-state index in [0.29, 0.717) is 43.2 Å². The van der Waals surface area contributed by atoms with Crippen molar-refractivity contribution in [2.24, 2.45) is 34.8 Å². The lowest BCUT2D eigenvalue weighted by molar-refractivity contribution is -0.410. The number of anilines is 1. The minimum atomic E-state index is -1.39. The molecule has 1 aromatic rings. The molecule has 0 aromatic heterocycles. The van der Waals surface area contributed by atoms with Crippen molar-refractivity contribution in [3.8, 4) is 11.5 Å². The lowest BCUT2D eigenvalue weighted by Gasteiger charge is -2.30. The second-order valence-corrected chi connectivity index (χ2v) is 12.5. The van der Waals surface area contributed by atoms with Crippen molar-refractivity contribution in [2.75, 3.05) is 39.3 Å². The molecule has 0 aliphatic rings. The molecule has 0 heterocycles.